The van der Waals surface area contributed by atoms with Gasteiger partial charge in [-0.2, -0.15) is 5.10 Å². The molecule has 0 unspecified atom stereocenters. The maximum atomic E-state index is 12.5. The smallest absolute Gasteiger partial charge is 0.342 e. The van der Waals surface area contributed by atoms with Gasteiger partial charge in [0.1, 0.15) is 17.0 Å². The van der Waals surface area contributed by atoms with Gasteiger partial charge in [0, 0.05) is 11.8 Å². The van der Waals surface area contributed by atoms with Gasteiger partial charge < -0.3 is 19.3 Å². The Morgan fingerprint density at radius 2 is 1.96 bits per heavy atom. The molecule has 0 atom stereocenters. The number of aliphatic hydroxyl groups excluding tert-OH is 1. The normalized spacial score (nSPS) is 10.9. The van der Waals surface area contributed by atoms with Gasteiger partial charge in [-0.15, -0.1) is 0 Å². The van der Waals surface area contributed by atoms with Gasteiger partial charge in [-0.3, -0.25) is 0 Å². The van der Waals surface area contributed by atoms with Crippen molar-refractivity contribution in [3.05, 3.63) is 65.0 Å². The van der Waals surface area contributed by atoms with Crippen molar-refractivity contribution in [2.24, 2.45) is 0 Å². The molecular weight excluding hydrogens is 348 g/mol. The number of hydrogen-bond donors (Lipinski definition) is 1. The molecule has 0 amide bonds. The number of pyridine rings is 1. The number of aliphatic hydroxyl groups is 1. The van der Waals surface area contributed by atoms with Crippen molar-refractivity contribution in [1.29, 1.82) is 0 Å². The lowest BCUT2D eigenvalue weighted by Crippen LogP contribution is -2.09. The molecule has 0 saturated heterocycles. The predicted molar refractivity (Wildman–Crippen MR) is 98.6 cm³/mol. The largest absolute Gasteiger partial charge is 0.497 e. The first kappa shape index (κ1) is 18.9. The number of methoxy groups -OCH3 is 1. The van der Waals surface area contributed by atoms with E-state index in [1.54, 1.807) is 36.9 Å². The quantitative estimate of drug-likeness (QED) is 0.614. The molecule has 0 aliphatic heterocycles. The zero-order chi connectivity index (χ0) is 19.2. The average Bonchev–Trinajstić information content (AvgIpc) is 3.07. The maximum Gasteiger partial charge on any atom is 0.342 e. The number of fused-ring (bicyclic) bond motifs is 1. The summed E-state index contributed by atoms with van der Waals surface area (Å²) in [5.41, 5.74) is 2.93. The lowest BCUT2D eigenvalue weighted by atomic mass is 10.1. The van der Waals surface area contributed by atoms with Crippen LogP contribution in [0.15, 0.2) is 42.6 Å². The molecule has 0 radical (unpaired) electrons. The van der Waals surface area contributed by atoms with E-state index in [-0.39, 0.29) is 19.8 Å². The Balaban J connectivity index is 1.84. The van der Waals surface area contributed by atoms with Gasteiger partial charge in [0.2, 0.25) is 0 Å². The van der Waals surface area contributed by atoms with Crippen LogP contribution in [0.5, 0.6) is 5.75 Å². The third kappa shape index (κ3) is 4.10. The Morgan fingerprint density at radius 3 is 2.63 bits per heavy atom. The molecule has 0 bridgehead atoms. The summed E-state index contributed by atoms with van der Waals surface area (Å²) < 4.78 is 17.7. The Bertz CT molecular complexity index is 918. The number of benzene rings is 1. The minimum Gasteiger partial charge on any atom is -0.497 e. The van der Waals surface area contributed by atoms with Crippen LogP contribution in [0.2, 0.25) is 0 Å². The highest BCUT2D eigenvalue weighted by Crippen LogP contribution is 2.22. The molecule has 3 rings (SSSR count). The lowest BCUT2D eigenvalue weighted by molar-refractivity contribution is 0.0518. The van der Waals surface area contributed by atoms with Crippen LogP contribution < -0.4 is 4.74 Å². The fraction of sp³-hybridized carbons (Fsp3) is 0.300. The van der Waals surface area contributed by atoms with Crippen molar-refractivity contribution in [3.8, 4) is 5.75 Å². The van der Waals surface area contributed by atoms with Crippen LogP contribution in [0.4, 0.5) is 0 Å². The molecule has 7 nitrogen and oxygen atoms in total. The van der Waals surface area contributed by atoms with Crippen LogP contribution in [0.1, 0.15) is 34.1 Å². The minimum absolute atomic E-state index is 0.146. The van der Waals surface area contributed by atoms with E-state index in [9.17, 15) is 9.90 Å². The summed E-state index contributed by atoms with van der Waals surface area (Å²) in [5.74, 6) is 0.302. The molecule has 0 aliphatic rings. The fourth-order valence-electron chi connectivity index (χ4n) is 2.85. The Kier molecular flexibility index (Phi) is 6.05. The first-order chi connectivity index (χ1) is 13.2. The van der Waals surface area contributed by atoms with E-state index in [0.717, 1.165) is 11.3 Å². The van der Waals surface area contributed by atoms with Crippen LogP contribution in [0.25, 0.3) is 5.52 Å². The van der Waals surface area contributed by atoms with E-state index in [1.807, 2.05) is 24.3 Å². The summed E-state index contributed by atoms with van der Waals surface area (Å²) in [7, 11) is 1.62. The molecule has 27 heavy (non-hydrogen) atoms. The number of esters is 1. The number of carbonyl (C=O) groups excluding carboxylic acids is 1. The van der Waals surface area contributed by atoms with Gasteiger partial charge in [-0.25, -0.2) is 9.31 Å². The molecule has 7 heteroatoms. The Morgan fingerprint density at radius 1 is 1.19 bits per heavy atom. The highest BCUT2D eigenvalue weighted by atomic mass is 16.5. The standard InChI is InChI=1S/C20H22N2O5/c1-3-27-20(24)18-17(21-22-10-4-5-15(11-23)19(18)22)13-26-12-14-6-8-16(25-2)9-7-14/h4-10,23H,3,11-13H2,1-2H3. The summed E-state index contributed by atoms with van der Waals surface area (Å²) in [5, 5.41) is 14.1. The second kappa shape index (κ2) is 8.66. The summed E-state index contributed by atoms with van der Waals surface area (Å²) >= 11 is 0. The number of carbonyl (C=O) groups is 1. The number of aromatic nitrogens is 2. The van der Waals surface area contributed by atoms with Gasteiger partial charge in [-0.05, 0) is 30.7 Å². The minimum atomic E-state index is -0.476. The van der Waals surface area contributed by atoms with E-state index in [2.05, 4.69) is 5.10 Å². The van der Waals surface area contributed by atoms with Crippen LogP contribution in [0.3, 0.4) is 0 Å². The van der Waals surface area contributed by atoms with E-state index >= 15 is 0 Å². The molecule has 142 valence electrons. The van der Waals surface area contributed by atoms with Crippen molar-refractivity contribution in [3.63, 3.8) is 0 Å². The summed E-state index contributed by atoms with van der Waals surface area (Å²) in [6.45, 7) is 2.31. The third-order valence-corrected chi connectivity index (χ3v) is 4.13. The van der Waals surface area contributed by atoms with Gasteiger partial charge >= 0.3 is 5.97 Å². The lowest BCUT2D eigenvalue weighted by Gasteiger charge is -2.07. The van der Waals surface area contributed by atoms with Gasteiger partial charge in [-0.1, -0.05) is 18.2 Å². The molecule has 0 fully saturated rings. The SMILES string of the molecule is CCOC(=O)c1c(COCc2ccc(OC)cc2)nn2cccc(CO)c12. The van der Waals surface area contributed by atoms with E-state index in [4.69, 9.17) is 14.2 Å². The Hall–Kier alpha value is -2.90. The first-order valence-electron chi connectivity index (χ1n) is 8.65. The van der Waals surface area contributed by atoms with Crippen LogP contribution in [0, 0.1) is 0 Å². The van der Waals surface area contributed by atoms with Crippen molar-refractivity contribution in [1.82, 2.24) is 9.61 Å². The van der Waals surface area contributed by atoms with Crippen molar-refractivity contribution in [2.75, 3.05) is 13.7 Å². The highest BCUT2D eigenvalue weighted by molar-refractivity contribution is 5.99. The number of hydrogen-bond acceptors (Lipinski definition) is 6. The molecule has 0 saturated carbocycles. The molecule has 3 aromatic rings. The van der Waals surface area contributed by atoms with E-state index in [1.165, 1.54) is 0 Å². The summed E-state index contributed by atoms with van der Waals surface area (Å²) in [6, 6.07) is 11.1. The van der Waals surface area contributed by atoms with E-state index in [0.29, 0.717) is 28.9 Å². The summed E-state index contributed by atoms with van der Waals surface area (Å²) in [4.78, 5) is 12.5. The van der Waals surface area contributed by atoms with Crippen LogP contribution in [-0.2, 0) is 29.3 Å². The molecule has 1 N–H and O–H groups in total. The number of ether oxygens (including phenoxy) is 3. The van der Waals surface area contributed by atoms with Crippen molar-refractivity contribution < 1.29 is 24.1 Å². The number of rotatable bonds is 8. The highest BCUT2D eigenvalue weighted by Gasteiger charge is 2.23. The average molecular weight is 370 g/mol. The third-order valence-electron chi connectivity index (χ3n) is 4.13. The predicted octanol–water partition coefficient (Wildman–Crippen LogP) is 2.73. The topological polar surface area (TPSA) is 82.3 Å². The second-order valence-corrected chi connectivity index (χ2v) is 5.87. The van der Waals surface area contributed by atoms with Crippen LogP contribution >= 0.6 is 0 Å². The van der Waals surface area contributed by atoms with E-state index < -0.39 is 5.97 Å². The second-order valence-electron chi connectivity index (χ2n) is 5.87. The van der Waals surface area contributed by atoms with Gasteiger partial charge in [0.05, 0.1) is 39.1 Å². The number of nitrogens with zero attached hydrogens (tertiary/aromatic N) is 2. The molecule has 2 heterocycles. The first-order valence-corrected chi connectivity index (χ1v) is 8.65. The molecule has 2 aromatic heterocycles. The van der Waals surface area contributed by atoms with Gasteiger partial charge in [0.15, 0.2) is 0 Å². The summed E-state index contributed by atoms with van der Waals surface area (Å²) in [6.07, 6.45) is 1.73. The molecule has 0 spiro atoms. The monoisotopic (exact) mass is 370 g/mol. The zero-order valence-corrected chi connectivity index (χ0v) is 15.3. The van der Waals surface area contributed by atoms with Gasteiger partial charge in [0.25, 0.3) is 0 Å². The van der Waals surface area contributed by atoms with Crippen molar-refractivity contribution in [2.45, 2.75) is 26.7 Å². The zero-order valence-electron chi connectivity index (χ0n) is 15.3. The fourth-order valence-corrected chi connectivity index (χ4v) is 2.85. The molecular formula is C20H22N2O5. The van der Waals surface area contributed by atoms with Crippen LogP contribution in [-0.4, -0.2) is 34.4 Å². The Labute approximate surface area is 157 Å². The molecule has 0 aliphatic carbocycles. The molecule has 1 aromatic carbocycles. The maximum absolute atomic E-state index is 12.5. The van der Waals surface area contributed by atoms with Crippen molar-refractivity contribution >= 4 is 11.5 Å².